The van der Waals surface area contributed by atoms with Crippen LogP contribution in [0.2, 0.25) is 5.02 Å². The summed E-state index contributed by atoms with van der Waals surface area (Å²) in [5.41, 5.74) is 3.32. The average molecular weight is 579 g/mol. The Kier molecular flexibility index (Phi) is 6.95. The number of carbonyl (C=O) groups excluding carboxylic acids is 1. The number of para-hydroxylation sites is 1. The van der Waals surface area contributed by atoms with Gasteiger partial charge >= 0.3 is 0 Å². The number of aromatic nitrogens is 1. The molecule has 0 N–H and O–H groups in total. The lowest BCUT2D eigenvalue weighted by Gasteiger charge is -2.37. The first-order valence-corrected chi connectivity index (χ1v) is 14.4. The minimum atomic E-state index is -4.30. The molecule has 2 saturated carbocycles. The zero-order valence-corrected chi connectivity index (χ0v) is 23.4. The number of alkyl halides is 1. The molecule has 1 heterocycles. The molecule has 0 radical (unpaired) electrons. The average Bonchev–Trinajstić information content (AvgIpc) is 3.09. The summed E-state index contributed by atoms with van der Waals surface area (Å²) >= 11 is 9.67. The fourth-order valence-electron chi connectivity index (χ4n) is 6.10. The second-order valence-electron chi connectivity index (χ2n) is 10.1. The minimum Gasteiger partial charge on any atom is -0.748 e. The molecule has 2 bridgehead atoms. The van der Waals surface area contributed by atoms with Gasteiger partial charge in [-0.3, -0.25) is 4.79 Å². The normalized spacial score (nSPS) is 27.7. The molecular weight excluding hydrogens is 550 g/mol. The van der Waals surface area contributed by atoms with E-state index >= 15 is 0 Å². The standard InChI is InChI=1S/C17H15ClN.C10H15BrO4S/c1-12-11-13-7-3-6-10-16(13)19(2)17(12)14-8-4-5-9-15(14)18;1-9-4-3-6(7(11)8(9)12)10(9,2)5-16(13,14)15/h3-11H,1-2H3;6-7H,3-5H2,1-2H3,(H,13,14,15)/q+1;/p-1. The maximum Gasteiger partial charge on any atom is 0.217 e. The zero-order chi connectivity index (χ0) is 25.8. The topological polar surface area (TPSA) is 78.1 Å². The Labute approximate surface area is 220 Å². The Hall–Kier alpha value is -1.80. The number of rotatable bonds is 3. The van der Waals surface area contributed by atoms with Crippen LogP contribution >= 0.6 is 27.5 Å². The molecular formula is C27H29BrClNO4S. The largest absolute Gasteiger partial charge is 0.748 e. The quantitative estimate of drug-likeness (QED) is 0.230. The number of fused-ring (bicyclic) bond motifs is 3. The second-order valence-corrected chi connectivity index (χ2v) is 12.9. The molecule has 0 amide bonds. The minimum absolute atomic E-state index is 0.0336. The Morgan fingerprint density at radius 3 is 2.37 bits per heavy atom. The second kappa shape index (κ2) is 9.25. The SMILES string of the molecule is CC12CCC(C(Br)C1=O)C2(C)CS(=O)(=O)[O-].Cc1cc2ccccc2[n+](C)c1-c1ccccc1Cl. The lowest BCUT2D eigenvalue weighted by atomic mass is 9.70. The highest BCUT2D eigenvalue weighted by Crippen LogP contribution is 2.65. The predicted molar refractivity (Wildman–Crippen MR) is 142 cm³/mol. The van der Waals surface area contributed by atoms with Gasteiger partial charge in [0, 0.05) is 28.2 Å². The number of ketones is 1. The Morgan fingerprint density at radius 2 is 1.77 bits per heavy atom. The van der Waals surface area contributed by atoms with Crippen LogP contribution in [0, 0.1) is 23.7 Å². The van der Waals surface area contributed by atoms with Gasteiger partial charge in [0.05, 0.1) is 25.5 Å². The Bertz CT molecular complexity index is 1430. The molecule has 5 nitrogen and oxygen atoms in total. The molecule has 0 aliphatic heterocycles. The number of pyridine rings is 1. The summed E-state index contributed by atoms with van der Waals surface area (Å²) in [6.07, 6.45) is 1.49. The number of halogens is 2. The van der Waals surface area contributed by atoms with Crippen molar-refractivity contribution in [1.29, 1.82) is 0 Å². The lowest BCUT2D eigenvalue weighted by Crippen LogP contribution is -2.40. The molecule has 5 rings (SSSR count). The van der Waals surface area contributed by atoms with E-state index in [-0.39, 0.29) is 16.5 Å². The fourth-order valence-corrected chi connectivity index (χ4v) is 8.95. The van der Waals surface area contributed by atoms with E-state index in [4.69, 9.17) is 11.6 Å². The maximum absolute atomic E-state index is 12.0. The van der Waals surface area contributed by atoms with Gasteiger partial charge in [-0.1, -0.05) is 65.6 Å². The van der Waals surface area contributed by atoms with Crippen molar-refractivity contribution in [3.8, 4) is 11.3 Å². The number of carbonyl (C=O) groups is 1. The molecule has 186 valence electrons. The zero-order valence-electron chi connectivity index (χ0n) is 20.2. The molecule has 3 aromatic rings. The van der Waals surface area contributed by atoms with Crippen molar-refractivity contribution in [2.24, 2.45) is 23.8 Å². The molecule has 2 aliphatic carbocycles. The van der Waals surface area contributed by atoms with Gasteiger partial charge in [0.1, 0.15) is 7.05 Å². The summed E-state index contributed by atoms with van der Waals surface area (Å²) in [4.78, 5) is 11.8. The number of hydrogen-bond acceptors (Lipinski definition) is 4. The van der Waals surface area contributed by atoms with E-state index in [9.17, 15) is 17.8 Å². The maximum atomic E-state index is 12.0. The molecule has 8 heteroatoms. The molecule has 1 aromatic heterocycles. The van der Waals surface area contributed by atoms with Gasteiger partial charge in [0.15, 0.2) is 5.78 Å². The number of benzene rings is 2. The van der Waals surface area contributed by atoms with E-state index in [0.717, 1.165) is 17.0 Å². The number of aryl methyl sites for hydroxylation is 2. The third-order valence-electron chi connectivity index (χ3n) is 8.17. The molecule has 2 aliphatic rings. The van der Waals surface area contributed by atoms with Crippen molar-refractivity contribution >= 4 is 54.3 Å². The van der Waals surface area contributed by atoms with Crippen LogP contribution in [0.1, 0.15) is 32.3 Å². The fraction of sp³-hybridized carbons (Fsp3) is 0.407. The van der Waals surface area contributed by atoms with Crippen LogP contribution in [-0.2, 0) is 22.0 Å². The van der Waals surface area contributed by atoms with E-state index in [2.05, 4.69) is 70.9 Å². The van der Waals surface area contributed by atoms with Gasteiger partial charge in [-0.05, 0) is 55.4 Å². The molecule has 2 fully saturated rings. The monoisotopic (exact) mass is 577 g/mol. The van der Waals surface area contributed by atoms with Gasteiger partial charge < -0.3 is 4.55 Å². The van der Waals surface area contributed by atoms with Crippen LogP contribution in [0.3, 0.4) is 0 Å². The smallest absolute Gasteiger partial charge is 0.217 e. The number of nitrogens with zero attached hydrogens (tertiary/aromatic N) is 1. The van der Waals surface area contributed by atoms with Gasteiger partial charge in [0.2, 0.25) is 11.2 Å². The Morgan fingerprint density at radius 1 is 1.14 bits per heavy atom. The summed E-state index contributed by atoms with van der Waals surface area (Å²) < 4.78 is 35.2. The first-order chi connectivity index (χ1) is 16.3. The third kappa shape index (κ3) is 4.45. The van der Waals surface area contributed by atoms with Crippen molar-refractivity contribution in [2.75, 3.05) is 5.75 Å². The van der Waals surface area contributed by atoms with E-state index < -0.39 is 26.7 Å². The molecule has 0 spiro atoms. The van der Waals surface area contributed by atoms with Crippen molar-refractivity contribution in [3.63, 3.8) is 0 Å². The van der Waals surface area contributed by atoms with Crippen molar-refractivity contribution in [2.45, 2.75) is 38.4 Å². The van der Waals surface area contributed by atoms with Crippen molar-refractivity contribution in [3.05, 3.63) is 65.2 Å². The summed E-state index contributed by atoms with van der Waals surface area (Å²) in [5, 5.41) is 2.04. The first kappa shape index (κ1) is 26.3. The van der Waals surface area contributed by atoms with Crippen LogP contribution in [-0.4, -0.2) is 29.3 Å². The highest BCUT2D eigenvalue weighted by atomic mass is 79.9. The highest BCUT2D eigenvalue weighted by Gasteiger charge is 2.68. The summed E-state index contributed by atoms with van der Waals surface area (Å²) in [6, 6.07) is 18.6. The van der Waals surface area contributed by atoms with Crippen LogP contribution in [0.25, 0.3) is 22.2 Å². The van der Waals surface area contributed by atoms with Crippen molar-refractivity contribution in [1.82, 2.24) is 0 Å². The van der Waals surface area contributed by atoms with Gasteiger partial charge in [-0.25, -0.2) is 8.42 Å². The van der Waals surface area contributed by atoms with Gasteiger partial charge in [0.25, 0.3) is 0 Å². The molecule has 4 unspecified atom stereocenters. The Balaban J connectivity index is 0.000000168. The lowest BCUT2D eigenvalue weighted by molar-refractivity contribution is -0.633. The summed E-state index contributed by atoms with van der Waals surface area (Å²) in [6.45, 7) is 5.69. The molecule has 35 heavy (non-hydrogen) atoms. The van der Waals surface area contributed by atoms with E-state index in [1.54, 1.807) is 13.8 Å². The third-order valence-corrected chi connectivity index (χ3v) is 10.5. The van der Waals surface area contributed by atoms with Crippen LogP contribution in [0.5, 0.6) is 0 Å². The summed E-state index contributed by atoms with van der Waals surface area (Å²) in [5.74, 6) is -0.418. The molecule has 4 atom stereocenters. The van der Waals surface area contributed by atoms with E-state index in [1.807, 2.05) is 18.2 Å². The number of hydrogen-bond donors (Lipinski definition) is 0. The highest BCUT2D eigenvalue weighted by molar-refractivity contribution is 9.10. The van der Waals surface area contributed by atoms with Crippen LogP contribution < -0.4 is 4.57 Å². The molecule has 0 saturated heterocycles. The van der Waals surface area contributed by atoms with Gasteiger partial charge in [-0.15, -0.1) is 0 Å². The van der Waals surface area contributed by atoms with Crippen LogP contribution in [0.15, 0.2) is 54.6 Å². The predicted octanol–water partition coefficient (Wildman–Crippen LogP) is 5.59. The summed E-state index contributed by atoms with van der Waals surface area (Å²) in [7, 11) is -2.21. The van der Waals surface area contributed by atoms with Crippen LogP contribution in [0.4, 0.5) is 0 Å². The molecule has 2 aromatic carbocycles. The number of Topliss-reactive ketones (excluding diaryl/α,β-unsaturated/α-hetero) is 1. The van der Waals surface area contributed by atoms with Crippen molar-refractivity contribution < 1.29 is 22.3 Å². The van der Waals surface area contributed by atoms with E-state index in [0.29, 0.717) is 6.42 Å². The first-order valence-electron chi connectivity index (χ1n) is 11.6. The van der Waals surface area contributed by atoms with Gasteiger partial charge in [-0.2, -0.15) is 4.57 Å². The van der Waals surface area contributed by atoms with E-state index in [1.165, 1.54) is 22.2 Å².